The van der Waals surface area contributed by atoms with E-state index in [4.69, 9.17) is 4.42 Å². The third-order valence-electron chi connectivity index (χ3n) is 6.78. The molecular weight excluding hydrogens is 494 g/mol. The number of furan rings is 1. The quantitative estimate of drug-likeness (QED) is 0.236. The number of nitriles is 4. The molecule has 6 nitrogen and oxygen atoms in total. The minimum absolute atomic E-state index is 0.319. The zero-order valence-corrected chi connectivity index (χ0v) is 21.0. The highest BCUT2D eigenvalue weighted by Crippen LogP contribution is 2.42. The van der Waals surface area contributed by atoms with Crippen LogP contribution in [0.15, 0.2) is 108 Å². The summed E-state index contributed by atoms with van der Waals surface area (Å²) >= 11 is 0. The molecular formula is C34H17N5O. The maximum Gasteiger partial charge on any atom is 0.159 e. The summed E-state index contributed by atoms with van der Waals surface area (Å²) in [4.78, 5) is 1.97. The van der Waals surface area contributed by atoms with E-state index in [9.17, 15) is 21.0 Å². The molecule has 6 aromatic rings. The van der Waals surface area contributed by atoms with Gasteiger partial charge in [0.25, 0.3) is 0 Å². The summed E-state index contributed by atoms with van der Waals surface area (Å²) in [6, 6.07) is 40.2. The van der Waals surface area contributed by atoms with Crippen LogP contribution in [0.4, 0.5) is 17.1 Å². The molecule has 5 aromatic carbocycles. The maximum atomic E-state index is 9.68. The standard InChI is InChI=1S/C34H17N5O/c35-18-22-14-23(19-36)16-29(15-22)39(32-6-3-5-31-30-4-1-2-7-33(30)40-34(31)32)28-12-10-24(11-13-28)25-8-9-26(20-37)27(17-25)21-38/h1-17H. The Kier molecular flexibility index (Phi) is 5.91. The normalized spacial score (nSPS) is 10.4. The van der Waals surface area contributed by atoms with Gasteiger partial charge >= 0.3 is 0 Å². The molecule has 1 aromatic heterocycles. The van der Waals surface area contributed by atoms with Crippen molar-refractivity contribution in [3.8, 4) is 35.4 Å². The van der Waals surface area contributed by atoms with E-state index in [0.29, 0.717) is 33.5 Å². The van der Waals surface area contributed by atoms with E-state index >= 15 is 0 Å². The summed E-state index contributed by atoms with van der Waals surface area (Å²) in [5.41, 5.74) is 6.69. The molecule has 0 aliphatic rings. The van der Waals surface area contributed by atoms with Crippen LogP contribution in [0.25, 0.3) is 33.1 Å². The fourth-order valence-corrected chi connectivity index (χ4v) is 4.92. The van der Waals surface area contributed by atoms with Crippen LogP contribution in [0.3, 0.4) is 0 Å². The van der Waals surface area contributed by atoms with Gasteiger partial charge in [0.15, 0.2) is 5.58 Å². The van der Waals surface area contributed by atoms with Gasteiger partial charge in [-0.1, -0.05) is 48.5 Å². The van der Waals surface area contributed by atoms with Gasteiger partial charge in [0.05, 0.1) is 40.1 Å². The van der Waals surface area contributed by atoms with E-state index in [1.807, 2.05) is 83.8 Å². The van der Waals surface area contributed by atoms with Gasteiger partial charge in [-0.3, -0.25) is 0 Å². The van der Waals surface area contributed by atoms with Gasteiger partial charge in [0.2, 0.25) is 0 Å². The van der Waals surface area contributed by atoms with Crippen molar-refractivity contribution in [2.75, 3.05) is 4.90 Å². The van der Waals surface area contributed by atoms with Crippen molar-refractivity contribution < 1.29 is 4.42 Å². The fraction of sp³-hybridized carbons (Fsp3) is 0. The molecule has 1 heterocycles. The van der Waals surface area contributed by atoms with Crippen molar-refractivity contribution in [3.63, 3.8) is 0 Å². The van der Waals surface area contributed by atoms with Crippen LogP contribution in [0.5, 0.6) is 0 Å². The Morgan fingerprint density at radius 3 is 1.90 bits per heavy atom. The first kappa shape index (κ1) is 24.0. The summed E-state index contributed by atoms with van der Waals surface area (Å²) in [7, 11) is 0. The molecule has 0 aliphatic carbocycles. The largest absolute Gasteiger partial charge is 0.454 e. The summed E-state index contributed by atoms with van der Waals surface area (Å²) in [6.45, 7) is 0. The van der Waals surface area contributed by atoms with Crippen LogP contribution >= 0.6 is 0 Å². The van der Waals surface area contributed by atoms with Gasteiger partial charge in [-0.05, 0) is 65.7 Å². The van der Waals surface area contributed by atoms with Gasteiger partial charge in [0, 0.05) is 22.1 Å². The lowest BCUT2D eigenvalue weighted by atomic mass is 9.99. The number of para-hydroxylation sites is 2. The molecule has 40 heavy (non-hydrogen) atoms. The fourth-order valence-electron chi connectivity index (χ4n) is 4.92. The van der Waals surface area contributed by atoms with Gasteiger partial charge in [-0.2, -0.15) is 21.0 Å². The molecule has 6 heteroatoms. The lowest BCUT2D eigenvalue weighted by Gasteiger charge is -2.26. The number of hydrogen-bond donors (Lipinski definition) is 0. The SMILES string of the molecule is N#Cc1cc(C#N)cc(N(c2ccc(-c3ccc(C#N)c(C#N)c3)cc2)c2cccc3c2oc2ccccc23)c1. The Bertz CT molecular complexity index is 2080. The first-order chi connectivity index (χ1) is 19.6. The molecule has 6 rings (SSSR count). The van der Waals surface area contributed by atoms with Gasteiger partial charge in [-0.15, -0.1) is 0 Å². The van der Waals surface area contributed by atoms with E-state index in [1.54, 1.807) is 30.3 Å². The van der Waals surface area contributed by atoms with Crippen LogP contribution in [0.1, 0.15) is 22.3 Å². The average Bonchev–Trinajstić information content (AvgIpc) is 3.40. The van der Waals surface area contributed by atoms with Gasteiger partial charge < -0.3 is 9.32 Å². The predicted molar refractivity (Wildman–Crippen MR) is 153 cm³/mol. The van der Waals surface area contributed by atoms with Crippen LogP contribution in [-0.4, -0.2) is 0 Å². The van der Waals surface area contributed by atoms with E-state index in [-0.39, 0.29) is 0 Å². The average molecular weight is 512 g/mol. The van der Waals surface area contributed by atoms with E-state index < -0.39 is 0 Å². The Labute approximate surface area is 230 Å². The van der Waals surface area contributed by atoms with Crippen LogP contribution < -0.4 is 4.90 Å². The molecule has 0 fully saturated rings. The first-order valence-electron chi connectivity index (χ1n) is 12.3. The third-order valence-corrected chi connectivity index (χ3v) is 6.78. The second kappa shape index (κ2) is 9.85. The molecule has 0 aliphatic heterocycles. The van der Waals surface area contributed by atoms with Crippen molar-refractivity contribution >= 4 is 39.0 Å². The lowest BCUT2D eigenvalue weighted by Crippen LogP contribution is -2.11. The highest BCUT2D eigenvalue weighted by molar-refractivity contribution is 6.10. The van der Waals surface area contributed by atoms with E-state index in [0.717, 1.165) is 38.9 Å². The third kappa shape index (κ3) is 4.06. The Balaban J connectivity index is 1.55. The molecule has 0 atom stereocenters. The maximum absolute atomic E-state index is 9.68. The van der Waals surface area contributed by atoms with E-state index in [1.165, 1.54) is 0 Å². The second-order valence-electron chi connectivity index (χ2n) is 9.11. The summed E-state index contributed by atoms with van der Waals surface area (Å²) in [5.74, 6) is 0. The smallest absolute Gasteiger partial charge is 0.159 e. The molecule has 0 saturated carbocycles. The molecule has 0 saturated heterocycles. The molecule has 0 amide bonds. The molecule has 0 spiro atoms. The lowest BCUT2D eigenvalue weighted by molar-refractivity contribution is 0.669. The summed E-state index contributed by atoms with van der Waals surface area (Å²) in [5, 5.41) is 40.0. The second-order valence-corrected chi connectivity index (χ2v) is 9.11. The van der Waals surface area contributed by atoms with Crippen molar-refractivity contribution in [3.05, 3.63) is 125 Å². The van der Waals surface area contributed by atoms with Crippen molar-refractivity contribution in [2.45, 2.75) is 0 Å². The molecule has 184 valence electrons. The van der Waals surface area contributed by atoms with Crippen molar-refractivity contribution in [1.29, 1.82) is 21.0 Å². The molecule has 0 unspecified atom stereocenters. The Morgan fingerprint density at radius 2 is 1.20 bits per heavy atom. The van der Waals surface area contributed by atoms with E-state index in [2.05, 4.69) is 18.2 Å². The van der Waals surface area contributed by atoms with Crippen molar-refractivity contribution in [2.24, 2.45) is 0 Å². The predicted octanol–water partition coefficient (Wildman–Crippen LogP) is 8.21. The van der Waals surface area contributed by atoms with Crippen LogP contribution in [-0.2, 0) is 0 Å². The zero-order chi connectivity index (χ0) is 27.6. The Morgan fingerprint density at radius 1 is 0.525 bits per heavy atom. The zero-order valence-electron chi connectivity index (χ0n) is 21.0. The number of fused-ring (bicyclic) bond motifs is 3. The topological polar surface area (TPSA) is 112 Å². The summed E-state index contributed by atoms with van der Waals surface area (Å²) < 4.78 is 6.33. The van der Waals surface area contributed by atoms with Gasteiger partial charge in [0.1, 0.15) is 17.7 Å². The highest BCUT2D eigenvalue weighted by atomic mass is 16.3. The van der Waals surface area contributed by atoms with Crippen LogP contribution in [0, 0.1) is 45.3 Å². The number of nitrogens with zero attached hydrogens (tertiary/aromatic N) is 5. The minimum atomic E-state index is 0.319. The Hall–Kier alpha value is -6.34. The molecule has 0 bridgehead atoms. The number of hydrogen-bond acceptors (Lipinski definition) is 6. The minimum Gasteiger partial charge on any atom is -0.454 e. The monoisotopic (exact) mass is 511 g/mol. The highest BCUT2D eigenvalue weighted by Gasteiger charge is 2.20. The van der Waals surface area contributed by atoms with Crippen LogP contribution in [0.2, 0.25) is 0 Å². The molecule has 0 radical (unpaired) electrons. The number of rotatable bonds is 4. The summed E-state index contributed by atoms with van der Waals surface area (Å²) in [6.07, 6.45) is 0. The number of anilines is 3. The number of benzene rings is 5. The first-order valence-corrected chi connectivity index (χ1v) is 12.3. The van der Waals surface area contributed by atoms with Crippen molar-refractivity contribution in [1.82, 2.24) is 0 Å². The van der Waals surface area contributed by atoms with Gasteiger partial charge in [-0.25, -0.2) is 0 Å². The molecule has 0 N–H and O–H groups in total.